The molecule has 0 N–H and O–H groups in total. The third-order valence-electron chi connectivity index (χ3n) is 3.25. The quantitative estimate of drug-likeness (QED) is 0.500. The van der Waals surface area contributed by atoms with E-state index in [1.54, 1.807) is 0 Å². The van der Waals surface area contributed by atoms with Gasteiger partial charge in [-0.1, -0.05) is 31.2 Å². The van der Waals surface area contributed by atoms with E-state index in [-0.39, 0.29) is 11.3 Å². The van der Waals surface area contributed by atoms with Gasteiger partial charge in [0.15, 0.2) is 0 Å². The first-order chi connectivity index (χ1) is 5.54. The van der Waals surface area contributed by atoms with Crippen molar-refractivity contribution in [1.82, 2.24) is 0 Å². The lowest BCUT2D eigenvalue weighted by molar-refractivity contribution is -0.132. The van der Waals surface area contributed by atoms with Gasteiger partial charge < -0.3 is 0 Å². The smallest absolute Gasteiger partial charge is 0.146 e. The van der Waals surface area contributed by atoms with E-state index in [9.17, 15) is 4.79 Å². The van der Waals surface area contributed by atoms with Crippen LogP contribution in [0.5, 0.6) is 0 Å². The van der Waals surface area contributed by atoms with E-state index in [1.807, 2.05) is 13.8 Å². The first-order valence-electron chi connectivity index (χ1n) is 4.46. The molecule has 0 radical (unpaired) electrons. The Morgan fingerprint density at radius 2 is 2.33 bits per heavy atom. The van der Waals surface area contributed by atoms with Crippen LogP contribution in [-0.4, -0.2) is 5.78 Å². The molecule has 1 heteroatoms. The monoisotopic (exact) mass is 162 g/mol. The zero-order chi connectivity index (χ0) is 8.93. The summed E-state index contributed by atoms with van der Waals surface area (Å²) in [7, 11) is 0. The molecular weight excluding hydrogens is 148 g/mol. The van der Waals surface area contributed by atoms with E-state index in [2.05, 4.69) is 18.7 Å². The lowest BCUT2D eigenvalue weighted by Crippen LogP contribution is -2.43. The maximum absolute atomic E-state index is 11.8. The van der Waals surface area contributed by atoms with Gasteiger partial charge in [-0.3, -0.25) is 4.79 Å². The van der Waals surface area contributed by atoms with Crippen LogP contribution in [0.1, 0.15) is 20.3 Å². The molecule has 0 saturated heterocycles. The third kappa shape index (κ3) is 0.767. The standard InChI is InChI=1S/C11H14O/c1-7-6-11(3)5-4-9(7)8(2)10(11)12/h4-5,8-9H,1,6H2,2-3H3/t8?,9-,11+/m0/s1. The maximum atomic E-state index is 11.8. The van der Waals surface area contributed by atoms with Crippen LogP contribution in [0.15, 0.2) is 24.3 Å². The zero-order valence-corrected chi connectivity index (χ0v) is 7.63. The molecule has 0 heterocycles. The summed E-state index contributed by atoms with van der Waals surface area (Å²) < 4.78 is 0. The van der Waals surface area contributed by atoms with Crippen molar-refractivity contribution < 1.29 is 4.79 Å². The number of carbonyl (C=O) groups excluding carboxylic acids is 1. The minimum Gasteiger partial charge on any atom is -0.298 e. The topological polar surface area (TPSA) is 17.1 Å². The van der Waals surface area contributed by atoms with Crippen LogP contribution in [-0.2, 0) is 4.79 Å². The van der Waals surface area contributed by atoms with Crippen LogP contribution in [0.3, 0.4) is 0 Å². The number of hydrogen-bond acceptors (Lipinski definition) is 1. The molecule has 2 bridgehead atoms. The average molecular weight is 162 g/mol. The van der Waals surface area contributed by atoms with Crippen molar-refractivity contribution in [3.05, 3.63) is 24.3 Å². The second kappa shape index (κ2) is 2.09. The van der Waals surface area contributed by atoms with Crippen LogP contribution in [0.2, 0.25) is 0 Å². The van der Waals surface area contributed by atoms with E-state index in [4.69, 9.17) is 0 Å². The van der Waals surface area contributed by atoms with Gasteiger partial charge >= 0.3 is 0 Å². The van der Waals surface area contributed by atoms with Gasteiger partial charge in [0, 0.05) is 17.3 Å². The average Bonchev–Trinajstić information content (AvgIpc) is 1.99. The van der Waals surface area contributed by atoms with E-state index in [0.717, 1.165) is 6.42 Å². The summed E-state index contributed by atoms with van der Waals surface area (Å²) in [6.45, 7) is 8.05. The molecule has 0 aromatic heterocycles. The molecule has 3 aliphatic rings. The molecule has 3 rings (SSSR count). The first kappa shape index (κ1) is 7.78. The highest BCUT2D eigenvalue weighted by Crippen LogP contribution is 2.47. The Bertz CT molecular complexity index is 287. The molecule has 0 amide bonds. The molecule has 0 spiro atoms. The van der Waals surface area contributed by atoms with Gasteiger partial charge in [0.2, 0.25) is 0 Å². The minimum absolute atomic E-state index is 0.154. The molecule has 1 unspecified atom stereocenters. The van der Waals surface area contributed by atoms with Gasteiger partial charge in [0.1, 0.15) is 5.78 Å². The molecule has 0 aromatic rings. The SMILES string of the molecule is C=C1C[C@@]2(C)C=C[C@@H]1C(C)C2=O. The third-order valence-corrected chi connectivity index (χ3v) is 3.25. The fourth-order valence-electron chi connectivity index (χ4n) is 2.47. The van der Waals surface area contributed by atoms with Crippen molar-refractivity contribution in [2.45, 2.75) is 20.3 Å². The Hall–Kier alpha value is -0.850. The Morgan fingerprint density at radius 1 is 1.67 bits per heavy atom. The van der Waals surface area contributed by atoms with Crippen LogP contribution < -0.4 is 0 Å². The molecule has 1 fully saturated rings. The first-order valence-corrected chi connectivity index (χ1v) is 4.46. The number of carbonyl (C=O) groups is 1. The van der Waals surface area contributed by atoms with Crippen molar-refractivity contribution in [3.63, 3.8) is 0 Å². The van der Waals surface area contributed by atoms with E-state index >= 15 is 0 Å². The fourth-order valence-corrected chi connectivity index (χ4v) is 2.47. The lowest BCUT2D eigenvalue weighted by atomic mass is 9.59. The molecular formula is C11H14O. The lowest BCUT2D eigenvalue weighted by Gasteiger charge is -2.43. The molecule has 0 aromatic carbocycles. The Morgan fingerprint density at radius 3 is 2.83 bits per heavy atom. The highest BCUT2D eigenvalue weighted by atomic mass is 16.1. The van der Waals surface area contributed by atoms with Crippen molar-refractivity contribution in [2.24, 2.45) is 17.3 Å². The number of rotatable bonds is 0. The Labute approximate surface area is 73.2 Å². The second-order valence-corrected chi connectivity index (χ2v) is 4.29. The zero-order valence-electron chi connectivity index (χ0n) is 7.63. The van der Waals surface area contributed by atoms with E-state index in [0.29, 0.717) is 11.7 Å². The highest BCUT2D eigenvalue weighted by Gasteiger charge is 2.46. The summed E-state index contributed by atoms with van der Waals surface area (Å²) in [5.41, 5.74) is 0.998. The molecule has 3 aliphatic carbocycles. The minimum atomic E-state index is -0.231. The fraction of sp³-hybridized carbons (Fsp3) is 0.545. The normalized spacial score (nSPS) is 45.5. The number of ketones is 1. The highest BCUT2D eigenvalue weighted by molar-refractivity contribution is 5.92. The summed E-state index contributed by atoms with van der Waals surface area (Å²) in [5, 5.41) is 0. The van der Waals surface area contributed by atoms with Crippen LogP contribution in [0, 0.1) is 17.3 Å². The van der Waals surface area contributed by atoms with Crippen molar-refractivity contribution in [3.8, 4) is 0 Å². The number of fused-ring (bicyclic) bond motifs is 2. The summed E-state index contributed by atoms with van der Waals surface area (Å²) in [4.78, 5) is 11.8. The summed E-state index contributed by atoms with van der Waals surface area (Å²) in [6.07, 6.45) is 5.07. The molecule has 1 nitrogen and oxygen atoms in total. The van der Waals surface area contributed by atoms with Crippen molar-refractivity contribution in [1.29, 1.82) is 0 Å². The van der Waals surface area contributed by atoms with E-state index < -0.39 is 0 Å². The van der Waals surface area contributed by atoms with Gasteiger partial charge in [-0.15, -0.1) is 0 Å². The van der Waals surface area contributed by atoms with Gasteiger partial charge in [-0.25, -0.2) is 0 Å². The summed E-state index contributed by atoms with van der Waals surface area (Å²) in [6, 6.07) is 0. The van der Waals surface area contributed by atoms with Crippen LogP contribution >= 0.6 is 0 Å². The molecule has 1 saturated carbocycles. The summed E-state index contributed by atoms with van der Waals surface area (Å²) >= 11 is 0. The molecule has 0 aliphatic heterocycles. The van der Waals surface area contributed by atoms with E-state index in [1.165, 1.54) is 5.57 Å². The van der Waals surface area contributed by atoms with Gasteiger partial charge in [-0.2, -0.15) is 0 Å². The Balaban J connectivity index is 2.50. The van der Waals surface area contributed by atoms with Crippen LogP contribution in [0.25, 0.3) is 0 Å². The molecule has 12 heavy (non-hydrogen) atoms. The number of hydrogen-bond donors (Lipinski definition) is 0. The Kier molecular flexibility index (Phi) is 1.36. The van der Waals surface area contributed by atoms with Gasteiger partial charge in [-0.05, 0) is 13.3 Å². The molecule has 3 atom stereocenters. The number of allylic oxidation sites excluding steroid dienone is 3. The predicted octanol–water partition coefficient (Wildman–Crippen LogP) is 2.34. The second-order valence-electron chi connectivity index (χ2n) is 4.29. The van der Waals surface area contributed by atoms with Gasteiger partial charge in [0.05, 0.1) is 0 Å². The van der Waals surface area contributed by atoms with Crippen molar-refractivity contribution >= 4 is 5.78 Å². The summed E-state index contributed by atoms with van der Waals surface area (Å²) in [5.74, 6) is 0.864. The molecule has 64 valence electrons. The predicted molar refractivity (Wildman–Crippen MR) is 48.7 cm³/mol. The largest absolute Gasteiger partial charge is 0.298 e. The van der Waals surface area contributed by atoms with Crippen molar-refractivity contribution in [2.75, 3.05) is 0 Å². The maximum Gasteiger partial charge on any atom is 0.146 e. The number of Topliss-reactive ketones (excluding diaryl/α,β-unsaturated/α-hetero) is 1. The van der Waals surface area contributed by atoms with Gasteiger partial charge in [0.25, 0.3) is 0 Å². The van der Waals surface area contributed by atoms with Crippen LogP contribution in [0.4, 0.5) is 0 Å².